The molecule has 0 spiro atoms. The molecule has 2 rings (SSSR count). The van der Waals surface area contributed by atoms with Crippen molar-refractivity contribution in [2.45, 2.75) is 25.8 Å². The number of hydrogen-bond acceptors (Lipinski definition) is 4. The zero-order valence-corrected chi connectivity index (χ0v) is 15.0. The molecule has 8 heteroatoms. The van der Waals surface area contributed by atoms with Crippen molar-refractivity contribution in [3.05, 3.63) is 48.0 Å². The van der Waals surface area contributed by atoms with Gasteiger partial charge in [-0.2, -0.15) is 0 Å². The Morgan fingerprint density at radius 3 is 2.64 bits per heavy atom. The summed E-state index contributed by atoms with van der Waals surface area (Å²) in [6.07, 6.45) is 4.11. The fourth-order valence-electron chi connectivity index (χ4n) is 2.45. The quantitative estimate of drug-likeness (QED) is 0.683. The summed E-state index contributed by atoms with van der Waals surface area (Å²) >= 11 is 0. The number of sulfonamides is 1. The van der Waals surface area contributed by atoms with Crippen molar-refractivity contribution in [2.75, 3.05) is 18.8 Å². The number of nitrogens with zero attached hydrogens (tertiary/aromatic N) is 1. The van der Waals surface area contributed by atoms with Crippen LogP contribution in [-0.4, -0.2) is 44.1 Å². The van der Waals surface area contributed by atoms with E-state index < -0.39 is 16.1 Å². The third kappa shape index (κ3) is 6.32. The molecule has 0 unspecified atom stereocenters. The number of nitrogens with one attached hydrogen (secondary N) is 2. The summed E-state index contributed by atoms with van der Waals surface area (Å²) in [6.45, 7) is 2.54. The predicted octanol–water partition coefficient (Wildman–Crippen LogP) is 1.56. The largest absolute Gasteiger partial charge is 0.324 e. The molecule has 25 heavy (non-hydrogen) atoms. The van der Waals surface area contributed by atoms with Crippen LogP contribution < -0.4 is 10.0 Å². The molecule has 0 aromatic heterocycles. The first-order valence-electron chi connectivity index (χ1n) is 8.16. The van der Waals surface area contributed by atoms with E-state index in [1.54, 1.807) is 19.1 Å². The van der Waals surface area contributed by atoms with E-state index in [-0.39, 0.29) is 24.1 Å². The molecule has 0 radical (unpaired) electrons. The van der Waals surface area contributed by atoms with Gasteiger partial charge < -0.3 is 4.90 Å². The number of hydrogen-bond donors (Lipinski definition) is 2. The Balaban J connectivity index is 1.74. The Bertz CT molecular complexity index is 732. The summed E-state index contributed by atoms with van der Waals surface area (Å²) in [4.78, 5) is 24.1. The van der Waals surface area contributed by atoms with Gasteiger partial charge in [0.05, 0.1) is 5.75 Å². The predicted molar refractivity (Wildman–Crippen MR) is 95.3 cm³/mol. The lowest BCUT2D eigenvalue weighted by Gasteiger charge is -2.25. The molecule has 0 aliphatic carbocycles. The minimum Gasteiger partial charge on any atom is -0.320 e. The first kappa shape index (κ1) is 19.1. The van der Waals surface area contributed by atoms with Gasteiger partial charge in [-0.1, -0.05) is 42.5 Å². The zero-order chi connectivity index (χ0) is 18.3. The van der Waals surface area contributed by atoms with E-state index in [9.17, 15) is 18.0 Å². The molecule has 1 aliphatic rings. The summed E-state index contributed by atoms with van der Waals surface area (Å²) in [6, 6.07) is 8.67. The highest BCUT2D eigenvalue weighted by Gasteiger charge is 2.21. The van der Waals surface area contributed by atoms with Gasteiger partial charge in [0.1, 0.15) is 0 Å². The van der Waals surface area contributed by atoms with Gasteiger partial charge in [0.15, 0.2) is 0 Å². The van der Waals surface area contributed by atoms with Crippen molar-refractivity contribution in [2.24, 2.45) is 0 Å². The van der Waals surface area contributed by atoms with Gasteiger partial charge >= 0.3 is 6.03 Å². The van der Waals surface area contributed by atoms with Gasteiger partial charge in [0, 0.05) is 25.6 Å². The van der Waals surface area contributed by atoms with Gasteiger partial charge in [0.2, 0.25) is 15.9 Å². The van der Waals surface area contributed by atoms with Crippen LogP contribution in [0.4, 0.5) is 4.79 Å². The molecule has 7 nitrogen and oxygen atoms in total. The van der Waals surface area contributed by atoms with E-state index in [0.29, 0.717) is 19.5 Å². The molecular formula is C17H23N3O4S. The van der Waals surface area contributed by atoms with Crippen LogP contribution in [0, 0.1) is 0 Å². The van der Waals surface area contributed by atoms with Crippen molar-refractivity contribution in [3.63, 3.8) is 0 Å². The van der Waals surface area contributed by atoms with Crippen LogP contribution in [0.1, 0.15) is 31.4 Å². The number of benzene rings is 1. The summed E-state index contributed by atoms with van der Waals surface area (Å²) in [5, 5.41) is 2.24. The molecule has 136 valence electrons. The summed E-state index contributed by atoms with van der Waals surface area (Å²) in [5.74, 6) is -0.291. The van der Waals surface area contributed by atoms with Gasteiger partial charge in [0.25, 0.3) is 0 Å². The van der Waals surface area contributed by atoms with Crippen molar-refractivity contribution < 1.29 is 18.0 Å². The highest BCUT2D eigenvalue weighted by Crippen LogP contribution is 2.12. The number of carbonyl (C=O) groups is 2. The normalized spacial score (nSPS) is 16.9. The zero-order valence-electron chi connectivity index (χ0n) is 14.1. The standard InChI is InChI=1S/C17H23N3O4S/c1-14(15-8-4-2-5-9-15)19-25(23,24)13-7-3-6-11-20-12-10-16(21)18-17(20)22/h2-6,8-9,14,19H,7,10-13H2,1H3,(H,18,21,22)/b6-3+/t14-/m1/s1. The van der Waals surface area contributed by atoms with Crippen LogP contribution in [-0.2, 0) is 14.8 Å². The molecule has 1 atom stereocenters. The maximum atomic E-state index is 12.1. The maximum absolute atomic E-state index is 12.1. The lowest BCUT2D eigenvalue weighted by Crippen LogP contribution is -2.49. The lowest BCUT2D eigenvalue weighted by atomic mass is 10.1. The van der Waals surface area contributed by atoms with Crippen LogP contribution in [0.5, 0.6) is 0 Å². The monoisotopic (exact) mass is 365 g/mol. The molecule has 1 fully saturated rings. The van der Waals surface area contributed by atoms with Gasteiger partial charge in [-0.05, 0) is 18.9 Å². The van der Waals surface area contributed by atoms with Crippen LogP contribution in [0.3, 0.4) is 0 Å². The number of allylic oxidation sites excluding steroid dienone is 1. The summed E-state index contributed by atoms with van der Waals surface area (Å²) < 4.78 is 26.9. The van der Waals surface area contributed by atoms with E-state index in [1.165, 1.54) is 4.90 Å². The Labute approximate surface area is 148 Å². The van der Waals surface area contributed by atoms with Crippen molar-refractivity contribution in [1.82, 2.24) is 14.9 Å². The fraction of sp³-hybridized carbons (Fsp3) is 0.412. The fourth-order valence-corrected chi connectivity index (χ4v) is 3.69. The Morgan fingerprint density at radius 2 is 1.96 bits per heavy atom. The van der Waals surface area contributed by atoms with Gasteiger partial charge in [-0.25, -0.2) is 17.9 Å². The molecule has 1 heterocycles. The average Bonchev–Trinajstić information content (AvgIpc) is 2.56. The summed E-state index contributed by atoms with van der Waals surface area (Å²) in [7, 11) is -3.39. The van der Waals surface area contributed by atoms with Crippen LogP contribution in [0.15, 0.2) is 42.5 Å². The SMILES string of the molecule is C[C@@H](NS(=O)(=O)CC/C=C/CN1CCC(=O)NC1=O)c1ccccc1. The molecule has 3 amide bonds. The number of rotatable bonds is 8. The topological polar surface area (TPSA) is 95.6 Å². The van der Waals surface area contributed by atoms with Crippen molar-refractivity contribution in [1.29, 1.82) is 0 Å². The van der Waals surface area contributed by atoms with Gasteiger partial charge in [-0.3, -0.25) is 10.1 Å². The molecule has 2 N–H and O–H groups in total. The second-order valence-electron chi connectivity index (χ2n) is 5.88. The smallest absolute Gasteiger partial charge is 0.320 e. The lowest BCUT2D eigenvalue weighted by molar-refractivity contribution is -0.121. The Morgan fingerprint density at radius 1 is 1.24 bits per heavy atom. The van der Waals surface area contributed by atoms with Crippen molar-refractivity contribution >= 4 is 22.0 Å². The average molecular weight is 365 g/mol. The third-order valence-corrected chi connectivity index (χ3v) is 5.33. The van der Waals surface area contributed by atoms with E-state index in [4.69, 9.17) is 0 Å². The van der Waals surface area contributed by atoms with Crippen LogP contribution >= 0.6 is 0 Å². The highest BCUT2D eigenvalue weighted by atomic mass is 32.2. The van der Waals surface area contributed by atoms with Crippen LogP contribution in [0.25, 0.3) is 0 Å². The number of carbonyl (C=O) groups excluding carboxylic acids is 2. The molecular weight excluding hydrogens is 342 g/mol. The molecule has 1 aliphatic heterocycles. The van der Waals surface area contributed by atoms with E-state index in [0.717, 1.165) is 5.56 Å². The number of amides is 3. The Hall–Kier alpha value is -2.19. The van der Waals surface area contributed by atoms with E-state index >= 15 is 0 Å². The van der Waals surface area contributed by atoms with Gasteiger partial charge in [-0.15, -0.1) is 0 Å². The van der Waals surface area contributed by atoms with Crippen LogP contribution in [0.2, 0.25) is 0 Å². The van der Waals surface area contributed by atoms with E-state index in [2.05, 4.69) is 10.0 Å². The molecule has 1 saturated heterocycles. The van der Waals surface area contributed by atoms with Crippen molar-refractivity contribution in [3.8, 4) is 0 Å². The van der Waals surface area contributed by atoms with E-state index in [1.807, 2.05) is 30.3 Å². The molecule has 1 aromatic rings. The Kier molecular flexibility index (Phi) is 6.72. The number of urea groups is 1. The first-order valence-corrected chi connectivity index (χ1v) is 9.81. The first-order chi connectivity index (χ1) is 11.9. The third-order valence-electron chi connectivity index (χ3n) is 3.84. The highest BCUT2D eigenvalue weighted by molar-refractivity contribution is 7.89. The molecule has 1 aromatic carbocycles. The molecule has 0 bridgehead atoms. The second-order valence-corrected chi connectivity index (χ2v) is 7.75. The maximum Gasteiger partial charge on any atom is 0.324 e. The minimum atomic E-state index is -3.39. The molecule has 0 saturated carbocycles. The minimum absolute atomic E-state index is 0.0225. The number of imide groups is 1. The second kappa shape index (κ2) is 8.77. The summed E-state index contributed by atoms with van der Waals surface area (Å²) in [5.41, 5.74) is 0.910.